The Bertz CT molecular complexity index is 3010. The zero-order valence-electron chi connectivity index (χ0n) is 59.3. The summed E-state index contributed by atoms with van der Waals surface area (Å²) in [6.45, 7) is 45.6. The molecule has 6 heterocycles. The van der Waals surface area contributed by atoms with Crippen LogP contribution in [0.15, 0.2) is 81.7 Å². The van der Waals surface area contributed by atoms with Crippen molar-refractivity contribution in [3.05, 3.63) is 96.4 Å². The lowest BCUT2D eigenvalue weighted by Crippen LogP contribution is -2.41. The van der Waals surface area contributed by atoms with Gasteiger partial charge in [0, 0.05) is 80.7 Å². The van der Waals surface area contributed by atoms with Crippen LogP contribution in [0.2, 0.25) is 0 Å². The summed E-state index contributed by atoms with van der Waals surface area (Å²) in [7, 11) is -1.30. The highest BCUT2D eigenvalue weighted by molar-refractivity contribution is 14.1. The van der Waals surface area contributed by atoms with Gasteiger partial charge in [-0.3, -0.25) is 0 Å². The quantitative estimate of drug-likeness (QED) is 0.104. The van der Waals surface area contributed by atoms with E-state index in [1.807, 2.05) is 178 Å². The predicted molar refractivity (Wildman–Crippen MR) is 390 cm³/mol. The number of nitrogens with zero attached hydrogens (tertiary/aromatic N) is 3. The van der Waals surface area contributed by atoms with Crippen LogP contribution < -0.4 is 5.46 Å². The third kappa shape index (κ3) is 25.3. The Balaban J connectivity index is 0.000000222. The summed E-state index contributed by atoms with van der Waals surface area (Å²) in [4.78, 5) is 41.1. The number of benzene rings is 3. The molecular weight excluding hydrogens is 1420 g/mol. The van der Waals surface area contributed by atoms with Crippen LogP contribution >= 0.6 is 54.5 Å². The summed E-state index contributed by atoms with van der Waals surface area (Å²) in [5, 5.41) is 0. The van der Waals surface area contributed by atoms with Crippen molar-refractivity contribution in [2.24, 2.45) is 17.8 Å². The number of terminal acetylenes is 1. The van der Waals surface area contributed by atoms with Crippen LogP contribution in [-0.4, -0.2) is 144 Å². The van der Waals surface area contributed by atoms with Crippen LogP contribution in [0.1, 0.15) is 195 Å². The minimum Gasteiger partial charge on any atom is -0.444 e. The molecule has 6 fully saturated rings. The molecule has 0 radical (unpaired) electrons. The second-order valence-corrected chi connectivity index (χ2v) is 33.4. The van der Waals surface area contributed by atoms with Crippen molar-refractivity contribution in [2.45, 2.75) is 234 Å². The summed E-state index contributed by atoms with van der Waals surface area (Å²) >= 11 is 9.03. The second-order valence-electron chi connectivity index (χ2n) is 30.3. The molecular formula is C72H103B3Br2IN3O12. The number of halogens is 3. The topological polar surface area (TPSA) is 144 Å². The van der Waals surface area contributed by atoms with Crippen LogP contribution in [0.4, 0.5) is 14.4 Å². The van der Waals surface area contributed by atoms with Gasteiger partial charge in [0.15, 0.2) is 0 Å². The fourth-order valence-corrected chi connectivity index (χ4v) is 10.5. The van der Waals surface area contributed by atoms with Crippen molar-refractivity contribution >= 4 is 99.3 Å². The summed E-state index contributed by atoms with van der Waals surface area (Å²) in [6, 6.07) is 24.3. The summed E-state index contributed by atoms with van der Waals surface area (Å²) in [5.74, 6) is 16.9. The van der Waals surface area contributed by atoms with Gasteiger partial charge >= 0.3 is 39.4 Å². The van der Waals surface area contributed by atoms with E-state index >= 15 is 0 Å². The lowest BCUT2D eigenvalue weighted by molar-refractivity contribution is 0.00578. The Morgan fingerprint density at radius 3 is 0.978 bits per heavy atom. The first-order valence-electron chi connectivity index (χ1n) is 32.6. The van der Waals surface area contributed by atoms with E-state index in [0.717, 1.165) is 64.1 Å². The fourth-order valence-electron chi connectivity index (χ4n) is 9.66. The summed E-state index contributed by atoms with van der Waals surface area (Å²) in [6.07, 6.45) is 10.00. The summed E-state index contributed by atoms with van der Waals surface area (Å²) < 4.78 is 55.7. The molecule has 3 aromatic carbocycles. The molecule has 0 unspecified atom stereocenters. The van der Waals surface area contributed by atoms with Gasteiger partial charge in [0.05, 0.1) is 33.6 Å². The molecule has 21 heteroatoms. The maximum atomic E-state index is 12.2. The molecule has 508 valence electrons. The van der Waals surface area contributed by atoms with Gasteiger partial charge in [-0.1, -0.05) is 67.7 Å². The van der Waals surface area contributed by atoms with E-state index in [1.165, 1.54) is 3.57 Å². The monoisotopic (exact) mass is 1520 g/mol. The number of carbonyl (C=O) groups excluding carboxylic acids is 3. The number of carbonyl (C=O) groups is 3. The van der Waals surface area contributed by atoms with Gasteiger partial charge in [-0.15, -0.1) is 12.3 Å². The predicted octanol–water partition coefficient (Wildman–Crippen LogP) is 16.0. The van der Waals surface area contributed by atoms with E-state index < -0.39 is 30.8 Å². The van der Waals surface area contributed by atoms with Crippen molar-refractivity contribution in [3.63, 3.8) is 0 Å². The molecule has 6 saturated heterocycles. The number of ether oxygens (including phenoxy) is 3. The lowest BCUT2D eigenvalue weighted by Gasteiger charge is -2.32. The third-order valence-corrected chi connectivity index (χ3v) is 19.1. The van der Waals surface area contributed by atoms with E-state index in [9.17, 15) is 14.4 Å². The van der Waals surface area contributed by atoms with E-state index in [1.54, 1.807) is 14.7 Å². The van der Waals surface area contributed by atoms with Crippen LogP contribution in [0, 0.1) is 57.3 Å². The number of amides is 3. The molecule has 0 saturated carbocycles. The highest BCUT2D eigenvalue weighted by atomic mass is 127. The standard InChI is InChI=1S/C24H34BNO4.C18H22BrNO2.C12H24B2O4.C12H19NO2.C6H4BrI/c1-22(2,3)28-21(27)26-16-14-19(15-17-26)9-8-18-10-12-20(13-11-18)25-29-23(4,5)24(6,7)30-25;1-18(2,3)22-17(21)20-12-10-15(11-13-20)5-4-14-6-8-16(19)9-7-14;1-9(2)10(3,4)16-13(15-9)14-17-11(5,6)12(7,8)18-14;1-5-10-6-8-13(9-7-10)11(14)15-12(2,3)4;7-5-1-3-6(8)4-2-5/h10-13,19H,14-17H2,1-7H3;6-9,15H,10-13H2,1-3H3;1-8H3;1,10H,6-9H2,2-4H3;1-4H. The Hall–Kier alpha value is -4.21. The average molecular weight is 1520 g/mol. The third-order valence-electron chi connectivity index (χ3n) is 17.4. The van der Waals surface area contributed by atoms with Gasteiger partial charge < -0.3 is 56.8 Å². The summed E-state index contributed by atoms with van der Waals surface area (Å²) in [5.41, 5.74) is -0.429. The minimum absolute atomic E-state index is 0.216. The van der Waals surface area contributed by atoms with Crippen molar-refractivity contribution in [1.29, 1.82) is 0 Å². The lowest BCUT2D eigenvalue weighted by atomic mass is 9.49. The minimum atomic E-state index is -0.476. The maximum Gasteiger partial charge on any atom is 0.494 e. The van der Waals surface area contributed by atoms with Crippen LogP contribution in [0.3, 0.4) is 0 Å². The molecule has 0 spiro atoms. The number of hydrogen-bond acceptors (Lipinski definition) is 12. The molecule has 0 atom stereocenters. The molecule has 0 aromatic heterocycles. The van der Waals surface area contributed by atoms with Gasteiger partial charge in [-0.2, -0.15) is 0 Å². The van der Waals surface area contributed by atoms with E-state index in [4.69, 9.17) is 48.6 Å². The first kappa shape index (κ1) is 79.5. The van der Waals surface area contributed by atoms with Gasteiger partial charge in [0.1, 0.15) is 16.8 Å². The molecule has 3 amide bonds. The van der Waals surface area contributed by atoms with Gasteiger partial charge in [-0.05, 0) is 273 Å². The van der Waals surface area contributed by atoms with Crippen molar-refractivity contribution < 1.29 is 56.5 Å². The number of rotatable bonds is 2. The smallest absolute Gasteiger partial charge is 0.444 e. The normalized spacial score (nSPS) is 20.5. The second kappa shape index (κ2) is 32.9. The molecule has 6 aliphatic rings. The molecule has 3 aromatic rings. The molecule has 9 rings (SSSR count). The number of piperidine rings is 3. The Labute approximate surface area is 590 Å². The van der Waals surface area contributed by atoms with Gasteiger partial charge in [0.25, 0.3) is 0 Å². The highest BCUT2D eigenvalue weighted by Crippen LogP contribution is 2.43. The van der Waals surface area contributed by atoms with E-state index in [-0.39, 0.29) is 59.0 Å². The zero-order valence-corrected chi connectivity index (χ0v) is 64.7. The fraction of sp³-hybridized carbons (Fsp3) is 0.625. The molecule has 93 heavy (non-hydrogen) atoms. The average Bonchev–Trinajstić information content (AvgIpc) is 1.61. The van der Waals surface area contributed by atoms with Crippen LogP contribution in [-0.2, 0) is 42.1 Å². The molecule has 6 aliphatic heterocycles. The zero-order chi connectivity index (χ0) is 69.8. The van der Waals surface area contributed by atoms with Gasteiger partial charge in [0.2, 0.25) is 0 Å². The first-order valence-corrected chi connectivity index (χ1v) is 35.2. The van der Waals surface area contributed by atoms with Crippen LogP contribution in [0.25, 0.3) is 0 Å². The molecule has 0 aliphatic carbocycles. The highest BCUT2D eigenvalue weighted by Gasteiger charge is 2.64. The van der Waals surface area contributed by atoms with Crippen LogP contribution in [0.5, 0.6) is 0 Å². The number of hydrogen-bond donors (Lipinski definition) is 0. The Morgan fingerprint density at radius 2 is 0.710 bits per heavy atom. The Morgan fingerprint density at radius 1 is 0.452 bits per heavy atom. The first-order chi connectivity index (χ1) is 42.8. The Kier molecular flexibility index (Phi) is 28.1. The maximum absolute atomic E-state index is 12.2. The van der Waals surface area contributed by atoms with E-state index in [2.05, 4.69) is 124 Å². The van der Waals surface area contributed by atoms with Crippen molar-refractivity contribution in [3.8, 4) is 36.0 Å². The van der Waals surface area contributed by atoms with Crippen molar-refractivity contribution in [1.82, 2.24) is 14.7 Å². The molecule has 15 nitrogen and oxygen atoms in total. The number of likely N-dealkylation sites (tertiary alicyclic amines) is 3. The largest absolute Gasteiger partial charge is 0.494 e. The van der Waals surface area contributed by atoms with Gasteiger partial charge in [-0.25, -0.2) is 14.4 Å². The molecule has 0 N–H and O–H groups in total. The van der Waals surface area contributed by atoms with E-state index in [0.29, 0.717) is 57.0 Å². The SMILES string of the molecule is Brc1ccc(I)cc1.C#CC1CCN(C(=O)OC(C)(C)C)CC1.CC(C)(C)OC(=O)N1CCC(C#Cc2ccc(B3OC(C)(C)C(C)(C)O3)cc2)CC1.CC(C)(C)OC(=O)N1CCC(C#Cc2ccc(Br)cc2)CC1.CC1(C)OB(B2OC(C)(C)C(C)(C)O2)OC1(C)C. The van der Waals surface area contributed by atoms with Crippen molar-refractivity contribution in [2.75, 3.05) is 39.3 Å². The molecule has 0 bridgehead atoms.